The van der Waals surface area contributed by atoms with Gasteiger partial charge in [0.15, 0.2) is 5.43 Å². The summed E-state index contributed by atoms with van der Waals surface area (Å²) in [5, 5.41) is 9.47. The van der Waals surface area contributed by atoms with E-state index in [4.69, 9.17) is 4.74 Å². The highest BCUT2D eigenvalue weighted by molar-refractivity contribution is 5.89. The summed E-state index contributed by atoms with van der Waals surface area (Å²) in [6.07, 6.45) is 5.74. The third-order valence-corrected chi connectivity index (χ3v) is 7.89. The first kappa shape index (κ1) is 21.7. The maximum absolute atomic E-state index is 12.6. The number of aromatic nitrogens is 1. The van der Waals surface area contributed by atoms with Crippen LogP contribution in [0.25, 0.3) is 11.3 Å². The molecule has 1 N–H and O–H groups in total. The Hall–Kier alpha value is -3.09. The lowest BCUT2D eigenvalue weighted by Crippen LogP contribution is -2.31. The van der Waals surface area contributed by atoms with Crippen molar-refractivity contribution < 1.29 is 19.4 Å². The molecule has 7 nitrogen and oxygen atoms in total. The number of hydrogen-bond donors (Lipinski definition) is 1. The van der Waals surface area contributed by atoms with Crippen LogP contribution < -0.4 is 15.1 Å². The molecule has 1 aromatic heterocycles. The van der Waals surface area contributed by atoms with Gasteiger partial charge in [0.1, 0.15) is 17.1 Å². The number of aromatic carboxylic acids is 1. The summed E-state index contributed by atoms with van der Waals surface area (Å²) < 4.78 is 7.72. The number of nitrogens with zero attached hydrogens (tertiary/aromatic N) is 2. The number of benzene rings is 1. The quantitative estimate of drug-likeness (QED) is 0.759. The van der Waals surface area contributed by atoms with Crippen molar-refractivity contribution >= 4 is 17.4 Å². The standard InChI is InChI=1S/C26H30N2O5/c1-15(2)19-9-16-10-21(27-8-7-26(14-27)6-4-5-24(26)30)23(33-3)11-17(16)20-12-22(29)18(25(31)32)13-28(19)20/h10-13,15,19H,4-9,14H2,1-3H3,(H,31,32). The number of carboxylic acid groups (broad SMARTS) is 1. The number of fused-ring (bicyclic) bond motifs is 3. The largest absolute Gasteiger partial charge is 0.495 e. The molecule has 1 saturated carbocycles. The highest BCUT2D eigenvalue weighted by Gasteiger charge is 2.47. The number of carbonyl (C=O) groups excluding carboxylic acids is 1. The topological polar surface area (TPSA) is 88.8 Å². The van der Waals surface area contributed by atoms with Gasteiger partial charge in [-0.1, -0.05) is 13.8 Å². The zero-order valence-corrected chi connectivity index (χ0v) is 19.4. The van der Waals surface area contributed by atoms with Gasteiger partial charge in [-0.05, 0) is 49.3 Å². The predicted octanol–water partition coefficient (Wildman–Crippen LogP) is 3.92. The van der Waals surface area contributed by atoms with Crippen LogP contribution in [0.2, 0.25) is 0 Å². The molecule has 3 aliphatic rings. The lowest BCUT2D eigenvalue weighted by molar-refractivity contribution is -0.124. The van der Waals surface area contributed by atoms with Crippen LogP contribution in [0.15, 0.2) is 29.2 Å². The Morgan fingerprint density at radius 3 is 2.64 bits per heavy atom. The van der Waals surface area contributed by atoms with E-state index in [2.05, 4.69) is 24.8 Å². The molecule has 3 heterocycles. The van der Waals surface area contributed by atoms with Crippen LogP contribution in [-0.2, 0) is 11.2 Å². The minimum Gasteiger partial charge on any atom is -0.495 e. The van der Waals surface area contributed by atoms with E-state index in [1.807, 2.05) is 10.6 Å². The predicted molar refractivity (Wildman–Crippen MR) is 125 cm³/mol. The first-order chi connectivity index (χ1) is 15.7. The van der Waals surface area contributed by atoms with Crippen molar-refractivity contribution in [3.8, 4) is 17.0 Å². The number of rotatable bonds is 4. The second-order valence-corrected chi connectivity index (χ2v) is 10.1. The van der Waals surface area contributed by atoms with Crippen LogP contribution in [0.4, 0.5) is 5.69 Å². The third kappa shape index (κ3) is 3.36. The van der Waals surface area contributed by atoms with Crippen LogP contribution in [0, 0.1) is 11.3 Å². The van der Waals surface area contributed by atoms with Crippen LogP contribution in [0.1, 0.15) is 61.5 Å². The number of pyridine rings is 1. The number of ketones is 1. The molecule has 5 rings (SSSR count). The average molecular weight is 451 g/mol. The van der Waals surface area contributed by atoms with Gasteiger partial charge in [-0.15, -0.1) is 0 Å². The SMILES string of the molecule is COc1cc2c(cc1N1CCC3(CCCC3=O)C1)CC(C(C)C)n1cc(C(=O)O)c(=O)cc1-2. The Morgan fingerprint density at radius 2 is 2.00 bits per heavy atom. The number of carboxylic acids is 1. The zero-order chi connectivity index (χ0) is 23.5. The molecule has 1 aliphatic carbocycles. The van der Waals surface area contributed by atoms with Crippen LogP contribution in [0.5, 0.6) is 5.75 Å². The van der Waals surface area contributed by atoms with Gasteiger partial charge in [0.05, 0.1) is 18.5 Å². The molecule has 2 fully saturated rings. The molecule has 1 aromatic carbocycles. The Bertz CT molecular complexity index is 1210. The molecule has 0 amide bonds. The van der Waals surface area contributed by atoms with Crippen LogP contribution in [0.3, 0.4) is 0 Å². The van der Waals surface area contributed by atoms with Crippen molar-refractivity contribution in [3.05, 3.63) is 45.7 Å². The Kier molecular flexibility index (Phi) is 5.10. The van der Waals surface area contributed by atoms with E-state index in [1.54, 1.807) is 7.11 Å². The summed E-state index contributed by atoms with van der Waals surface area (Å²) in [6.45, 7) is 5.77. The minimum absolute atomic E-state index is 0.0359. The molecule has 2 aliphatic heterocycles. The number of carbonyl (C=O) groups is 2. The summed E-state index contributed by atoms with van der Waals surface area (Å²) in [4.78, 5) is 39.0. The van der Waals surface area contributed by atoms with E-state index in [9.17, 15) is 19.5 Å². The van der Waals surface area contributed by atoms with Crippen molar-refractivity contribution in [2.45, 2.75) is 52.0 Å². The van der Waals surface area contributed by atoms with Gasteiger partial charge >= 0.3 is 5.97 Å². The number of Topliss-reactive ketones (excluding diaryl/α,β-unsaturated/α-hetero) is 1. The van der Waals surface area contributed by atoms with Crippen molar-refractivity contribution in [3.63, 3.8) is 0 Å². The first-order valence-corrected chi connectivity index (χ1v) is 11.7. The summed E-state index contributed by atoms with van der Waals surface area (Å²) in [5.41, 5.74) is 2.81. The van der Waals surface area contributed by atoms with E-state index in [1.165, 1.54) is 12.3 Å². The number of hydrogen-bond acceptors (Lipinski definition) is 5. The molecule has 0 radical (unpaired) electrons. The van der Waals surface area contributed by atoms with Gasteiger partial charge < -0.3 is 19.3 Å². The van der Waals surface area contributed by atoms with E-state index >= 15 is 0 Å². The normalized spacial score (nSPS) is 23.8. The fourth-order valence-corrected chi connectivity index (χ4v) is 6.01. The molecule has 7 heteroatoms. The van der Waals surface area contributed by atoms with Crippen LogP contribution >= 0.6 is 0 Å². The van der Waals surface area contributed by atoms with Gasteiger partial charge in [0.25, 0.3) is 0 Å². The number of anilines is 1. The van der Waals surface area contributed by atoms with Gasteiger partial charge in [-0.2, -0.15) is 0 Å². The van der Waals surface area contributed by atoms with Crippen molar-refractivity contribution in [2.75, 3.05) is 25.1 Å². The highest BCUT2D eigenvalue weighted by Crippen LogP contribution is 2.48. The summed E-state index contributed by atoms with van der Waals surface area (Å²) in [6, 6.07) is 5.60. The molecule has 174 valence electrons. The third-order valence-electron chi connectivity index (χ3n) is 7.89. The Labute approximate surface area is 193 Å². The lowest BCUT2D eigenvalue weighted by Gasteiger charge is -2.34. The Morgan fingerprint density at radius 1 is 1.21 bits per heavy atom. The fraction of sp³-hybridized carbons (Fsp3) is 0.500. The molecule has 0 bridgehead atoms. The fourth-order valence-electron chi connectivity index (χ4n) is 6.01. The van der Waals surface area contributed by atoms with Gasteiger partial charge in [0.2, 0.25) is 0 Å². The summed E-state index contributed by atoms with van der Waals surface area (Å²) in [7, 11) is 1.64. The minimum atomic E-state index is -1.21. The molecule has 33 heavy (non-hydrogen) atoms. The summed E-state index contributed by atoms with van der Waals surface area (Å²) in [5.74, 6) is 0.142. The molecule has 2 aromatic rings. The number of methoxy groups -OCH3 is 1. The van der Waals surface area contributed by atoms with Gasteiger partial charge in [-0.25, -0.2) is 4.79 Å². The maximum Gasteiger partial charge on any atom is 0.341 e. The average Bonchev–Trinajstić information content (AvgIpc) is 3.37. The van der Waals surface area contributed by atoms with E-state index in [-0.39, 0.29) is 22.9 Å². The smallest absolute Gasteiger partial charge is 0.341 e. The van der Waals surface area contributed by atoms with Gasteiger partial charge in [-0.3, -0.25) is 9.59 Å². The monoisotopic (exact) mass is 450 g/mol. The molecule has 1 saturated heterocycles. The van der Waals surface area contributed by atoms with Crippen molar-refractivity contribution in [1.82, 2.24) is 4.57 Å². The summed E-state index contributed by atoms with van der Waals surface area (Å²) >= 11 is 0. The second kappa shape index (κ2) is 7.75. The van der Waals surface area contributed by atoms with E-state index < -0.39 is 11.4 Å². The van der Waals surface area contributed by atoms with Crippen molar-refractivity contribution in [2.24, 2.45) is 11.3 Å². The zero-order valence-electron chi connectivity index (χ0n) is 19.4. The maximum atomic E-state index is 12.6. The number of ether oxygens (including phenoxy) is 1. The molecule has 2 unspecified atom stereocenters. The van der Waals surface area contributed by atoms with Crippen molar-refractivity contribution in [1.29, 1.82) is 0 Å². The first-order valence-electron chi connectivity index (χ1n) is 11.7. The van der Waals surface area contributed by atoms with E-state index in [0.29, 0.717) is 18.0 Å². The van der Waals surface area contributed by atoms with E-state index in [0.717, 1.165) is 61.3 Å². The van der Waals surface area contributed by atoms with Crippen LogP contribution in [-0.4, -0.2) is 41.6 Å². The molecular weight excluding hydrogens is 420 g/mol. The molecule has 2 atom stereocenters. The molecular formula is C26H30N2O5. The molecule has 1 spiro atoms. The lowest BCUT2D eigenvalue weighted by atomic mass is 9.84. The second-order valence-electron chi connectivity index (χ2n) is 10.1. The Balaban J connectivity index is 1.62. The highest BCUT2D eigenvalue weighted by atomic mass is 16.5. The van der Waals surface area contributed by atoms with Gasteiger partial charge in [0, 0.05) is 48.8 Å².